The Kier molecular flexibility index (Phi) is 4.34. The lowest BCUT2D eigenvalue weighted by Gasteiger charge is -2.20. The van der Waals surface area contributed by atoms with Crippen molar-refractivity contribution in [3.05, 3.63) is 46.3 Å². The maximum atomic E-state index is 14.0. The minimum Gasteiger partial charge on any atom is -0.715 e. The minimum atomic E-state index is -0.384. The van der Waals surface area contributed by atoms with Gasteiger partial charge < -0.3 is 10.9 Å². The lowest BCUT2D eigenvalue weighted by atomic mass is 9.85. The third-order valence-electron chi connectivity index (χ3n) is 6.60. The van der Waals surface area contributed by atoms with Gasteiger partial charge in [0.1, 0.15) is 11.6 Å². The van der Waals surface area contributed by atoms with Crippen LogP contribution in [0.5, 0.6) is 0 Å². The number of aromatic nitrogens is 2. The van der Waals surface area contributed by atoms with Crippen LogP contribution in [0.3, 0.4) is 0 Å². The third kappa shape index (κ3) is 3.05. The van der Waals surface area contributed by atoms with E-state index in [1.807, 2.05) is 13.8 Å². The van der Waals surface area contributed by atoms with Crippen molar-refractivity contribution >= 4 is 22.7 Å². The van der Waals surface area contributed by atoms with Crippen LogP contribution in [0.4, 0.5) is 4.39 Å². The van der Waals surface area contributed by atoms with Crippen molar-refractivity contribution in [3.8, 4) is 0 Å². The van der Waals surface area contributed by atoms with Crippen LogP contribution in [0.25, 0.3) is 10.9 Å². The topological polar surface area (TPSA) is 94.3 Å². The fourth-order valence-corrected chi connectivity index (χ4v) is 5.10. The lowest BCUT2D eigenvalue weighted by Crippen LogP contribution is -2.43. The van der Waals surface area contributed by atoms with Gasteiger partial charge in [-0.25, -0.2) is 9.71 Å². The number of rotatable bonds is 3. The van der Waals surface area contributed by atoms with Crippen LogP contribution in [0.15, 0.2) is 34.6 Å². The number of aryl methyl sites for hydroxylation is 1. The monoisotopic (exact) mass is 410 g/mol. The van der Waals surface area contributed by atoms with Crippen LogP contribution < -0.4 is 11.1 Å². The Bertz CT molecular complexity index is 1120. The molecule has 3 aliphatic rings. The van der Waals surface area contributed by atoms with E-state index in [9.17, 15) is 9.60 Å². The largest absolute Gasteiger partial charge is 0.715 e. The van der Waals surface area contributed by atoms with E-state index in [-0.39, 0.29) is 11.2 Å². The summed E-state index contributed by atoms with van der Waals surface area (Å²) in [4.78, 5) is 4.53. The molecule has 0 unspecified atom stereocenters. The number of halogens is 1. The molecule has 0 amide bonds. The Labute approximate surface area is 174 Å². The summed E-state index contributed by atoms with van der Waals surface area (Å²) < 4.78 is 16.6. The highest BCUT2D eigenvalue weighted by Crippen LogP contribution is 2.35. The molecule has 7 nitrogen and oxygen atoms in total. The van der Waals surface area contributed by atoms with Gasteiger partial charge >= 0.3 is 5.96 Å². The Balaban J connectivity index is 1.56. The molecule has 5 rings (SSSR count). The molecule has 1 aliphatic carbocycles. The number of nitrogens with zero attached hydrogens (tertiary/aromatic N) is 4. The smallest absolute Gasteiger partial charge is 0.322 e. The molecule has 0 radical (unpaired) electrons. The maximum absolute atomic E-state index is 14.0. The first-order valence-electron chi connectivity index (χ1n) is 10.7. The van der Waals surface area contributed by atoms with Crippen LogP contribution in [0.2, 0.25) is 0 Å². The lowest BCUT2D eigenvalue weighted by molar-refractivity contribution is -0.461. The second kappa shape index (κ2) is 6.82. The molecule has 1 fully saturated rings. The second-order valence-electron chi connectivity index (χ2n) is 9.30. The molecule has 3 N–H and O–H groups in total. The summed E-state index contributed by atoms with van der Waals surface area (Å²) >= 11 is 0. The molecule has 0 atom stereocenters. The Morgan fingerprint density at radius 1 is 1.33 bits per heavy atom. The van der Waals surface area contributed by atoms with Crippen molar-refractivity contribution in [2.24, 2.45) is 22.1 Å². The molecule has 30 heavy (non-hydrogen) atoms. The van der Waals surface area contributed by atoms with E-state index in [1.165, 1.54) is 37.8 Å². The van der Waals surface area contributed by atoms with Gasteiger partial charge in [-0.1, -0.05) is 39.5 Å². The highest BCUT2D eigenvalue weighted by molar-refractivity contribution is 6.12. The van der Waals surface area contributed by atoms with E-state index in [2.05, 4.69) is 10.3 Å². The van der Waals surface area contributed by atoms with Crippen molar-refractivity contribution < 1.29 is 9.13 Å². The van der Waals surface area contributed by atoms with E-state index in [1.54, 1.807) is 10.7 Å². The van der Waals surface area contributed by atoms with E-state index < -0.39 is 0 Å². The number of hydrogen-bond acceptors (Lipinski definition) is 5. The van der Waals surface area contributed by atoms with Crippen LogP contribution in [0.1, 0.15) is 51.6 Å². The fourth-order valence-electron chi connectivity index (χ4n) is 5.10. The number of fused-ring (bicyclic) bond motifs is 2. The molecule has 1 aromatic carbocycles. The van der Waals surface area contributed by atoms with Crippen molar-refractivity contribution in [2.45, 2.75) is 52.4 Å². The average molecular weight is 410 g/mol. The molecule has 0 bridgehead atoms. The van der Waals surface area contributed by atoms with Crippen LogP contribution in [0, 0.1) is 22.4 Å². The zero-order chi connectivity index (χ0) is 21.0. The van der Waals surface area contributed by atoms with Crippen LogP contribution >= 0.6 is 0 Å². The standard InChI is InChI=1S/C22H27FN6O/c1-22(2)12-28(30)20-18(22)19(24)25-21(26-20)29-17-10-8-14(23)11-15(17)16(27-29)9-7-13-5-3-4-6-13/h8,10-11,13H,3-7,9,12,24H2,1-2H3,(H,25,26). The highest BCUT2D eigenvalue weighted by atomic mass is 19.1. The Hall–Kier alpha value is -2.90. The summed E-state index contributed by atoms with van der Waals surface area (Å²) in [6.45, 7) is 4.26. The highest BCUT2D eigenvalue weighted by Gasteiger charge is 2.44. The van der Waals surface area contributed by atoms with E-state index in [4.69, 9.17) is 10.8 Å². The number of aliphatic imine (C=N–C) groups is 1. The van der Waals surface area contributed by atoms with E-state index in [0.29, 0.717) is 24.2 Å². The van der Waals surface area contributed by atoms with Crippen molar-refractivity contribution in [1.82, 2.24) is 15.1 Å². The predicted molar refractivity (Wildman–Crippen MR) is 114 cm³/mol. The first-order chi connectivity index (χ1) is 14.3. The predicted octanol–water partition coefficient (Wildman–Crippen LogP) is 3.22. The molecule has 1 aromatic heterocycles. The third-order valence-corrected chi connectivity index (χ3v) is 6.60. The van der Waals surface area contributed by atoms with Crippen molar-refractivity contribution in [2.75, 3.05) is 6.54 Å². The van der Waals surface area contributed by atoms with Gasteiger partial charge in [0.15, 0.2) is 0 Å². The number of hydrogen-bond donors (Lipinski definition) is 2. The summed E-state index contributed by atoms with van der Waals surface area (Å²) in [5, 5.41) is 21.2. The van der Waals surface area contributed by atoms with Gasteiger partial charge in [-0.3, -0.25) is 4.74 Å². The van der Waals surface area contributed by atoms with Gasteiger partial charge in [0.25, 0.3) is 5.84 Å². The maximum Gasteiger partial charge on any atom is 0.322 e. The van der Waals surface area contributed by atoms with Gasteiger partial charge in [-0.2, -0.15) is 14.8 Å². The van der Waals surface area contributed by atoms with Gasteiger partial charge in [0.2, 0.25) is 0 Å². The molecule has 2 aliphatic heterocycles. The molecule has 0 spiro atoms. The number of nitrogens with one attached hydrogen (secondary N) is 1. The zero-order valence-corrected chi connectivity index (χ0v) is 17.4. The summed E-state index contributed by atoms with van der Waals surface area (Å²) in [7, 11) is 0. The minimum absolute atomic E-state index is 0.290. The van der Waals surface area contributed by atoms with Gasteiger partial charge in [-0.05, 0) is 37.0 Å². The normalized spacial score (nSPS) is 21.4. The fraction of sp³-hybridized carbons (Fsp3) is 0.500. The summed E-state index contributed by atoms with van der Waals surface area (Å²) in [6, 6.07) is 4.65. The molecule has 1 saturated carbocycles. The zero-order valence-electron chi connectivity index (χ0n) is 17.4. The average Bonchev–Trinajstić information content (AvgIpc) is 3.37. The number of amidine groups is 1. The quantitative estimate of drug-likeness (QED) is 0.600. The van der Waals surface area contributed by atoms with E-state index in [0.717, 1.165) is 45.7 Å². The molecular formula is C22H27FN6O. The van der Waals surface area contributed by atoms with Crippen LogP contribution in [-0.2, 0) is 6.42 Å². The first-order valence-corrected chi connectivity index (χ1v) is 10.7. The second-order valence-corrected chi connectivity index (χ2v) is 9.30. The summed E-state index contributed by atoms with van der Waals surface area (Å²) in [5.41, 5.74) is 8.21. The Morgan fingerprint density at radius 2 is 2.10 bits per heavy atom. The van der Waals surface area contributed by atoms with Gasteiger partial charge in [0, 0.05) is 10.8 Å². The summed E-state index contributed by atoms with van der Waals surface area (Å²) in [5.74, 6) is 1.53. The molecule has 8 heteroatoms. The molecule has 0 saturated heterocycles. The summed E-state index contributed by atoms with van der Waals surface area (Å²) in [6.07, 6.45) is 6.96. The van der Waals surface area contributed by atoms with E-state index >= 15 is 0 Å². The SMILES string of the molecule is CC1(C)C[N+]([O-])=C2NC(n3nc(CCC4CCCC4)c4cc(F)ccc43)=NC(N)=C21. The number of nitrogens with two attached hydrogens (primary N) is 1. The van der Waals surface area contributed by atoms with Crippen molar-refractivity contribution in [3.63, 3.8) is 0 Å². The van der Waals surface area contributed by atoms with Crippen molar-refractivity contribution in [1.29, 1.82) is 0 Å². The van der Waals surface area contributed by atoms with Gasteiger partial charge in [0.05, 0.1) is 23.3 Å². The van der Waals surface area contributed by atoms with Gasteiger partial charge in [-0.15, -0.1) is 0 Å². The number of hydroxylamine groups is 1. The molecule has 158 valence electrons. The molecular weight excluding hydrogens is 383 g/mol. The first kappa shape index (κ1) is 19.1. The van der Waals surface area contributed by atoms with Crippen LogP contribution in [-0.4, -0.2) is 32.9 Å². The molecule has 2 aromatic rings. The molecule has 3 heterocycles. The Morgan fingerprint density at radius 3 is 2.87 bits per heavy atom. The number of benzene rings is 1.